The molecule has 2 aromatic carbocycles. The van der Waals surface area contributed by atoms with Crippen molar-refractivity contribution >= 4 is 17.5 Å². The summed E-state index contributed by atoms with van der Waals surface area (Å²) in [5.41, 5.74) is 4.25. The van der Waals surface area contributed by atoms with Crippen LogP contribution in [0.4, 0.5) is 4.39 Å². The minimum Gasteiger partial charge on any atom is -0.349 e. The largest absolute Gasteiger partial charge is 0.349 e. The summed E-state index contributed by atoms with van der Waals surface area (Å²) in [6, 6.07) is 9.13. The van der Waals surface area contributed by atoms with Gasteiger partial charge in [-0.1, -0.05) is 24.6 Å². The van der Waals surface area contributed by atoms with Crippen LogP contribution >= 0.6 is 0 Å². The SMILES string of the molecule is CCC(CC1CC(=O)C(c2c(C)cc(C)cc2C)C1=O)NC(=O)c1ccc(F)cc1. The zero-order chi connectivity index (χ0) is 22.0. The first kappa shape index (κ1) is 21.9. The number of aryl methyl sites for hydroxylation is 3. The van der Waals surface area contributed by atoms with Gasteiger partial charge in [0.2, 0.25) is 0 Å². The quantitative estimate of drug-likeness (QED) is 0.710. The van der Waals surface area contributed by atoms with E-state index in [-0.39, 0.29) is 29.9 Å². The maximum Gasteiger partial charge on any atom is 0.251 e. The average Bonchev–Trinajstić information content (AvgIpc) is 2.95. The Bertz CT molecular complexity index is 957. The third-order valence-corrected chi connectivity index (χ3v) is 5.99. The molecule has 158 valence electrons. The van der Waals surface area contributed by atoms with Gasteiger partial charge in [0.05, 0.1) is 0 Å². The van der Waals surface area contributed by atoms with Crippen LogP contribution in [0.1, 0.15) is 64.7 Å². The van der Waals surface area contributed by atoms with Crippen LogP contribution in [0, 0.1) is 32.5 Å². The topological polar surface area (TPSA) is 63.2 Å². The van der Waals surface area contributed by atoms with Crippen LogP contribution in [0.3, 0.4) is 0 Å². The van der Waals surface area contributed by atoms with Crippen LogP contribution in [-0.2, 0) is 9.59 Å². The maximum atomic E-state index is 13.2. The molecule has 0 radical (unpaired) electrons. The van der Waals surface area contributed by atoms with Crippen molar-refractivity contribution in [3.63, 3.8) is 0 Å². The number of Topliss-reactive ketones (excluding diaryl/α,β-unsaturated/α-hetero) is 2. The molecule has 1 N–H and O–H groups in total. The van der Waals surface area contributed by atoms with Crippen LogP contribution in [0.25, 0.3) is 0 Å². The Kier molecular flexibility index (Phi) is 6.49. The molecule has 0 saturated heterocycles. The molecule has 1 amide bonds. The number of carbonyl (C=O) groups is 3. The Hall–Kier alpha value is -2.82. The highest BCUT2D eigenvalue weighted by atomic mass is 19.1. The summed E-state index contributed by atoms with van der Waals surface area (Å²) in [6.45, 7) is 7.82. The van der Waals surface area contributed by atoms with Crippen molar-refractivity contribution in [1.82, 2.24) is 5.32 Å². The molecular formula is C25H28FNO3. The van der Waals surface area contributed by atoms with E-state index >= 15 is 0 Å². The van der Waals surface area contributed by atoms with Gasteiger partial charge in [0.15, 0.2) is 5.78 Å². The van der Waals surface area contributed by atoms with E-state index in [9.17, 15) is 18.8 Å². The van der Waals surface area contributed by atoms with Crippen LogP contribution < -0.4 is 5.32 Å². The molecule has 30 heavy (non-hydrogen) atoms. The lowest BCUT2D eigenvalue weighted by Gasteiger charge is -2.21. The van der Waals surface area contributed by atoms with Gasteiger partial charge in [-0.05, 0) is 74.6 Å². The number of rotatable bonds is 6. The van der Waals surface area contributed by atoms with E-state index < -0.39 is 17.7 Å². The van der Waals surface area contributed by atoms with E-state index in [0.29, 0.717) is 18.4 Å². The number of amides is 1. The molecule has 1 saturated carbocycles. The molecule has 0 spiro atoms. The highest BCUT2D eigenvalue weighted by Gasteiger charge is 2.43. The first-order valence-corrected chi connectivity index (χ1v) is 10.4. The first-order chi connectivity index (χ1) is 14.2. The summed E-state index contributed by atoms with van der Waals surface area (Å²) in [5, 5.41) is 2.92. The summed E-state index contributed by atoms with van der Waals surface area (Å²) >= 11 is 0. The number of ketones is 2. The molecule has 1 aliphatic rings. The number of hydrogen-bond acceptors (Lipinski definition) is 3. The molecular weight excluding hydrogens is 381 g/mol. The van der Waals surface area contributed by atoms with Crippen molar-refractivity contribution < 1.29 is 18.8 Å². The molecule has 1 fully saturated rings. The molecule has 0 heterocycles. The van der Waals surface area contributed by atoms with Crippen molar-refractivity contribution in [3.05, 3.63) is 70.0 Å². The Balaban J connectivity index is 1.73. The van der Waals surface area contributed by atoms with E-state index in [0.717, 1.165) is 22.3 Å². The Morgan fingerprint density at radius 2 is 1.70 bits per heavy atom. The van der Waals surface area contributed by atoms with E-state index in [1.165, 1.54) is 24.3 Å². The zero-order valence-corrected chi connectivity index (χ0v) is 17.9. The number of benzene rings is 2. The summed E-state index contributed by atoms with van der Waals surface area (Å²) in [7, 11) is 0. The van der Waals surface area contributed by atoms with Crippen LogP contribution in [0.2, 0.25) is 0 Å². The highest BCUT2D eigenvalue weighted by molar-refractivity contribution is 6.15. The fourth-order valence-electron chi connectivity index (χ4n) is 4.55. The second kappa shape index (κ2) is 8.90. The maximum absolute atomic E-state index is 13.2. The van der Waals surface area contributed by atoms with Crippen molar-refractivity contribution in [2.45, 2.75) is 58.9 Å². The van der Waals surface area contributed by atoms with Crippen LogP contribution in [-0.4, -0.2) is 23.5 Å². The molecule has 2 aromatic rings. The lowest BCUT2D eigenvalue weighted by molar-refractivity contribution is -0.125. The zero-order valence-electron chi connectivity index (χ0n) is 17.9. The summed E-state index contributed by atoms with van der Waals surface area (Å²) < 4.78 is 13.1. The molecule has 0 bridgehead atoms. The minimum absolute atomic E-state index is 0.0419. The van der Waals surface area contributed by atoms with Crippen LogP contribution in [0.15, 0.2) is 36.4 Å². The van der Waals surface area contributed by atoms with Crippen molar-refractivity contribution in [2.24, 2.45) is 5.92 Å². The minimum atomic E-state index is -0.707. The van der Waals surface area contributed by atoms with Crippen molar-refractivity contribution in [3.8, 4) is 0 Å². The molecule has 3 atom stereocenters. The van der Waals surface area contributed by atoms with Crippen molar-refractivity contribution in [1.29, 1.82) is 0 Å². The van der Waals surface area contributed by atoms with Gasteiger partial charge in [-0.2, -0.15) is 0 Å². The van der Waals surface area contributed by atoms with Gasteiger partial charge in [0.1, 0.15) is 17.5 Å². The summed E-state index contributed by atoms with van der Waals surface area (Å²) in [6.07, 6.45) is 1.27. The molecule has 0 aliphatic heterocycles. The molecule has 0 aromatic heterocycles. The number of hydrogen-bond donors (Lipinski definition) is 1. The number of carbonyl (C=O) groups excluding carboxylic acids is 3. The Morgan fingerprint density at radius 1 is 1.10 bits per heavy atom. The lowest BCUT2D eigenvalue weighted by Crippen LogP contribution is -2.36. The molecule has 3 unspecified atom stereocenters. The molecule has 1 aliphatic carbocycles. The van der Waals surface area contributed by atoms with Crippen LogP contribution in [0.5, 0.6) is 0 Å². The molecule has 3 rings (SSSR count). The van der Waals surface area contributed by atoms with Gasteiger partial charge in [-0.15, -0.1) is 0 Å². The van der Waals surface area contributed by atoms with Gasteiger partial charge in [-0.3, -0.25) is 14.4 Å². The van der Waals surface area contributed by atoms with E-state index in [2.05, 4.69) is 5.32 Å². The van der Waals surface area contributed by atoms with E-state index in [1.807, 2.05) is 39.8 Å². The Morgan fingerprint density at radius 3 is 2.27 bits per heavy atom. The lowest BCUT2D eigenvalue weighted by atomic mass is 9.85. The molecule has 5 heteroatoms. The number of halogens is 1. The third kappa shape index (κ3) is 4.50. The predicted molar refractivity (Wildman–Crippen MR) is 114 cm³/mol. The third-order valence-electron chi connectivity index (χ3n) is 5.99. The smallest absolute Gasteiger partial charge is 0.251 e. The normalized spacial score (nSPS) is 19.8. The number of nitrogens with one attached hydrogen (secondary N) is 1. The molecule has 4 nitrogen and oxygen atoms in total. The van der Waals surface area contributed by atoms with Gasteiger partial charge in [0, 0.05) is 23.9 Å². The standard InChI is InChI=1S/C25H28FNO3/c1-5-20(27-25(30)17-6-8-19(26)9-7-17)12-18-13-21(28)23(24(18)29)22-15(3)10-14(2)11-16(22)4/h6-11,18,20,23H,5,12-13H2,1-4H3,(H,27,30). The van der Waals surface area contributed by atoms with Gasteiger partial charge < -0.3 is 5.32 Å². The summed E-state index contributed by atoms with van der Waals surface area (Å²) in [4.78, 5) is 38.4. The average molecular weight is 410 g/mol. The second-order valence-electron chi connectivity index (χ2n) is 8.34. The van der Waals surface area contributed by atoms with Crippen molar-refractivity contribution in [2.75, 3.05) is 0 Å². The van der Waals surface area contributed by atoms with Gasteiger partial charge >= 0.3 is 0 Å². The monoisotopic (exact) mass is 409 g/mol. The van der Waals surface area contributed by atoms with E-state index in [4.69, 9.17) is 0 Å². The fourth-order valence-corrected chi connectivity index (χ4v) is 4.55. The van der Waals surface area contributed by atoms with Gasteiger partial charge in [-0.25, -0.2) is 4.39 Å². The fraction of sp³-hybridized carbons (Fsp3) is 0.400. The first-order valence-electron chi connectivity index (χ1n) is 10.4. The van der Waals surface area contributed by atoms with E-state index in [1.54, 1.807) is 0 Å². The predicted octanol–water partition coefficient (Wildman–Crippen LogP) is 4.59. The Labute approximate surface area is 176 Å². The highest BCUT2D eigenvalue weighted by Crippen LogP contribution is 2.38. The second-order valence-corrected chi connectivity index (χ2v) is 8.34. The van der Waals surface area contributed by atoms with Gasteiger partial charge in [0.25, 0.3) is 5.91 Å². The summed E-state index contributed by atoms with van der Waals surface area (Å²) in [5.74, 6) is -1.91.